The van der Waals surface area contributed by atoms with E-state index in [1.165, 1.54) is 4.88 Å². The van der Waals surface area contributed by atoms with Crippen molar-refractivity contribution in [2.24, 2.45) is 5.73 Å². The van der Waals surface area contributed by atoms with Crippen molar-refractivity contribution < 1.29 is 0 Å². The third kappa shape index (κ3) is 3.48. The van der Waals surface area contributed by atoms with Crippen LogP contribution < -0.4 is 5.73 Å². The van der Waals surface area contributed by atoms with E-state index in [0.29, 0.717) is 0 Å². The quantitative estimate of drug-likeness (QED) is 0.809. The Bertz CT molecular complexity index is 509. The van der Waals surface area contributed by atoms with Crippen molar-refractivity contribution in [3.05, 3.63) is 32.4 Å². The summed E-state index contributed by atoms with van der Waals surface area (Å²) in [5, 5.41) is 2.30. The highest BCUT2D eigenvalue weighted by Crippen LogP contribution is 2.42. The minimum absolute atomic E-state index is 0.119. The summed E-state index contributed by atoms with van der Waals surface area (Å²) >= 11 is 11.0. The number of hydrogen-bond donors (Lipinski definition) is 1. The van der Waals surface area contributed by atoms with E-state index in [9.17, 15) is 0 Å². The number of rotatable bonds is 5. The van der Waals surface area contributed by atoms with Crippen LogP contribution in [0.3, 0.4) is 0 Å². The van der Waals surface area contributed by atoms with Crippen LogP contribution in [0.1, 0.15) is 29.2 Å². The summed E-state index contributed by atoms with van der Waals surface area (Å²) < 4.78 is 1.89. The van der Waals surface area contributed by atoms with Crippen molar-refractivity contribution in [3.8, 4) is 0 Å². The lowest BCUT2D eigenvalue weighted by molar-refractivity contribution is 0.639. The number of nitrogens with zero attached hydrogens (tertiary/aromatic N) is 1. The molecule has 0 spiro atoms. The number of aromatic nitrogens is 1. The molecule has 2 aromatic heterocycles. The molecule has 0 saturated heterocycles. The molecule has 0 bridgehead atoms. The van der Waals surface area contributed by atoms with Crippen molar-refractivity contribution in [3.63, 3.8) is 0 Å². The van der Waals surface area contributed by atoms with Crippen molar-refractivity contribution in [2.75, 3.05) is 0 Å². The Labute approximate surface area is 125 Å². The molecule has 0 saturated carbocycles. The summed E-state index contributed by atoms with van der Waals surface area (Å²) in [4.78, 5) is 5.73. The van der Waals surface area contributed by atoms with Crippen molar-refractivity contribution in [1.29, 1.82) is 0 Å². The molecule has 98 valence electrons. The van der Waals surface area contributed by atoms with E-state index < -0.39 is 0 Å². The van der Waals surface area contributed by atoms with E-state index in [0.717, 1.165) is 20.8 Å². The van der Waals surface area contributed by atoms with E-state index in [1.54, 1.807) is 34.4 Å². The van der Waals surface area contributed by atoms with Crippen LogP contribution in [0.25, 0.3) is 0 Å². The second-order valence-corrected chi connectivity index (χ2v) is 8.00. The number of thiazole rings is 1. The van der Waals surface area contributed by atoms with Gasteiger partial charge < -0.3 is 5.73 Å². The summed E-state index contributed by atoms with van der Waals surface area (Å²) in [5.74, 6) is 0. The van der Waals surface area contributed by atoms with Crippen LogP contribution in [0.2, 0.25) is 4.34 Å². The number of aryl methyl sites for hydroxylation is 1. The van der Waals surface area contributed by atoms with Gasteiger partial charge in [-0.1, -0.05) is 30.3 Å². The molecule has 6 heteroatoms. The minimum Gasteiger partial charge on any atom is -0.326 e. The first-order chi connectivity index (χ1) is 8.60. The molecule has 0 radical (unpaired) electrons. The lowest BCUT2D eigenvalue weighted by atomic mass is 10.1. The smallest absolute Gasteiger partial charge is 0.150 e. The maximum absolute atomic E-state index is 6.23. The van der Waals surface area contributed by atoms with E-state index in [1.807, 2.05) is 13.0 Å². The van der Waals surface area contributed by atoms with Crippen molar-refractivity contribution >= 4 is 46.0 Å². The molecule has 2 rings (SSSR count). The van der Waals surface area contributed by atoms with E-state index >= 15 is 0 Å². The largest absolute Gasteiger partial charge is 0.326 e. The Kier molecular flexibility index (Phi) is 5.09. The van der Waals surface area contributed by atoms with Crippen LogP contribution in [-0.4, -0.2) is 11.0 Å². The zero-order valence-corrected chi connectivity index (χ0v) is 13.4. The Hall–Kier alpha value is -0.0700. The number of thiophene rings is 1. The standard InChI is InChI=1S/C12H15ClN2S3/c1-3-8(14)11(9-4-5-10(13)17-9)18-12-15-7(2)6-16-12/h4-6,8,11H,3,14H2,1-2H3. The van der Waals surface area contributed by atoms with Crippen molar-refractivity contribution in [1.82, 2.24) is 4.98 Å². The van der Waals surface area contributed by atoms with E-state index in [2.05, 4.69) is 23.4 Å². The Morgan fingerprint density at radius 3 is 2.78 bits per heavy atom. The zero-order chi connectivity index (χ0) is 13.1. The monoisotopic (exact) mass is 318 g/mol. The Morgan fingerprint density at radius 2 is 2.28 bits per heavy atom. The van der Waals surface area contributed by atoms with Gasteiger partial charge in [-0.25, -0.2) is 4.98 Å². The summed E-state index contributed by atoms with van der Waals surface area (Å²) in [7, 11) is 0. The van der Waals surface area contributed by atoms with Crippen LogP contribution in [0, 0.1) is 6.92 Å². The third-order valence-corrected chi connectivity index (χ3v) is 6.50. The van der Waals surface area contributed by atoms with Gasteiger partial charge in [0.25, 0.3) is 0 Å². The fourth-order valence-corrected chi connectivity index (χ4v) is 5.13. The van der Waals surface area contributed by atoms with Gasteiger partial charge in [-0.15, -0.1) is 22.7 Å². The van der Waals surface area contributed by atoms with Crippen LogP contribution in [-0.2, 0) is 0 Å². The highest BCUT2D eigenvalue weighted by atomic mass is 35.5. The molecule has 2 N–H and O–H groups in total. The Balaban J connectivity index is 2.20. The van der Waals surface area contributed by atoms with Gasteiger partial charge in [-0.2, -0.15) is 0 Å². The molecule has 0 aliphatic rings. The highest BCUT2D eigenvalue weighted by Gasteiger charge is 2.22. The topological polar surface area (TPSA) is 38.9 Å². The van der Waals surface area contributed by atoms with Crippen LogP contribution >= 0.6 is 46.0 Å². The molecule has 2 atom stereocenters. The lowest BCUT2D eigenvalue weighted by Crippen LogP contribution is -2.25. The summed E-state index contributed by atoms with van der Waals surface area (Å²) in [6.45, 7) is 4.12. The average Bonchev–Trinajstić information content (AvgIpc) is 2.94. The third-order valence-electron chi connectivity index (χ3n) is 2.56. The predicted molar refractivity (Wildman–Crippen MR) is 83.0 cm³/mol. The van der Waals surface area contributed by atoms with Gasteiger partial charge in [-0.05, 0) is 25.5 Å². The summed E-state index contributed by atoms with van der Waals surface area (Å²) in [6.07, 6.45) is 0.942. The fraction of sp³-hybridized carbons (Fsp3) is 0.417. The maximum atomic E-state index is 6.23. The molecular formula is C12H15ClN2S3. The first kappa shape index (κ1) is 14.3. The molecule has 0 aliphatic heterocycles. The molecule has 2 unspecified atom stereocenters. The second kappa shape index (κ2) is 6.39. The van der Waals surface area contributed by atoms with E-state index in [4.69, 9.17) is 17.3 Å². The highest BCUT2D eigenvalue weighted by molar-refractivity contribution is 8.01. The number of halogens is 1. The second-order valence-electron chi connectivity index (χ2n) is 4.01. The normalized spacial score (nSPS) is 14.7. The molecule has 0 amide bonds. The minimum atomic E-state index is 0.119. The number of nitrogens with two attached hydrogens (primary N) is 1. The number of thioether (sulfide) groups is 1. The molecule has 18 heavy (non-hydrogen) atoms. The average molecular weight is 319 g/mol. The van der Waals surface area contributed by atoms with Gasteiger partial charge in [0.15, 0.2) is 4.34 Å². The lowest BCUT2D eigenvalue weighted by Gasteiger charge is -2.19. The zero-order valence-electron chi connectivity index (χ0n) is 10.2. The van der Waals surface area contributed by atoms with Gasteiger partial charge in [-0.3, -0.25) is 0 Å². The van der Waals surface area contributed by atoms with Gasteiger partial charge in [0.2, 0.25) is 0 Å². The first-order valence-electron chi connectivity index (χ1n) is 5.69. The van der Waals surface area contributed by atoms with Crippen molar-refractivity contribution in [2.45, 2.75) is 35.9 Å². The molecular weight excluding hydrogens is 304 g/mol. The summed E-state index contributed by atoms with van der Waals surface area (Å²) in [5.41, 5.74) is 7.30. The molecule has 2 aromatic rings. The van der Waals surface area contributed by atoms with Gasteiger partial charge in [0.05, 0.1) is 9.59 Å². The van der Waals surface area contributed by atoms with E-state index in [-0.39, 0.29) is 11.3 Å². The molecule has 0 aliphatic carbocycles. The number of hydrogen-bond acceptors (Lipinski definition) is 5. The Morgan fingerprint density at radius 1 is 1.50 bits per heavy atom. The molecule has 0 aromatic carbocycles. The van der Waals surface area contributed by atoms with Gasteiger partial charge >= 0.3 is 0 Å². The van der Waals surface area contributed by atoms with Gasteiger partial charge in [0.1, 0.15) is 0 Å². The molecule has 0 fully saturated rings. The SMILES string of the molecule is CCC(N)C(Sc1nc(C)cs1)c1ccc(Cl)s1. The molecule has 2 nitrogen and oxygen atoms in total. The van der Waals surface area contributed by atoms with Crippen LogP contribution in [0.4, 0.5) is 0 Å². The van der Waals surface area contributed by atoms with Crippen LogP contribution in [0.5, 0.6) is 0 Å². The fourth-order valence-electron chi connectivity index (χ4n) is 1.55. The summed E-state index contributed by atoms with van der Waals surface area (Å²) in [6, 6.07) is 4.12. The van der Waals surface area contributed by atoms with Gasteiger partial charge in [0, 0.05) is 22.0 Å². The first-order valence-corrected chi connectivity index (χ1v) is 8.65. The molecule has 2 heterocycles. The predicted octanol–water partition coefficient (Wildman–Crippen LogP) is 4.74. The van der Waals surface area contributed by atoms with Crippen LogP contribution in [0.15, 0.2) is 21.9 Å². The maximum Gasteiger partial charge on any atom is 0.150 e.